The third-order valence-corrected chi connectivity index (χ3v) is 3.67. The van der Waals surface area contributed by atoms with Crippen LogP contribution in [0.2, 0.25) is 0 Å². The number of ether oxygens (including phenoxy) is 1. The number of hydrogen-bond donors (Lipinski definition) is 2. The highest BCUT2D eigenvalue weighted by Gasteiger charge is 2.09. The molecule has 6 heteroatoms. The van der Waals surface area contributed by atoms with Crippen LogP contribution in [0.3, 0.4) is 0 Å². The van der Waals surface area contributed by atoms with Gasteiger partial charge in [-0.15, -0.1) is 0 Å². The second-order valence-electron chi connectivity index (χ2n) is 5.25. The summed E-state index contributed by atoms with van der Waals surface area (Å²) in [5.74, 6) is 0. The minimum absolute atomic E-state index is 0.291. The van der Waals surface area contributed by atoms with E-state index in [1.54, 1.807) is 7.11 Å². The topological polar surface area (TPSA) is 68.3 Å². The maximum absolute atomic E-state index is 5.57. The van der Waals surface area contributed by atoms with Gasteiger partial charge in [-0.2, -0.15) is 5.10 Å². The second-order valence-corrected chi connectivity index (χ2v) is 5.25. The molecule has 0 saturated carbocycles. The molecule has 1 unspecified atom stereocenters. The molecule has 1 aromatic heterocycles. The molecule has 0 saturated heterocycles. The van der Waals surface area contributed by atoms with E-state index >= 15 is 0 Å². The predicted octanol–water partition coefficient (Wildman–Crippen LogP) is 1.39. The van der Waals surface area contributed by atoms with Crippen molar-refractivity contribution in [3.63, 3.8) is 0 Å². The van der Waals surface area contributed by atoms with E-state index in [1.165, 1.54) is 0 Å². The number of nitrogens with two attached hydrogens (primary N) is 1. The summed E-state index contributed by atoms with van der Waals surface area (Å²) >= 11 is 0. The molecule has 0 aliphatic carbocycles. The van der Waals surface area contributed by atoms with Crippen LogP contribution in [0.5, 0.6) is 0 Å². The first-order valence-electron chi connectivity index (χ1n) is 7.93. The Kier molecular flexibility index (Phi) is 9.05. The number of aromatic nitrogens is 2. The van der Waals surface area contributed by atoms with E-state index in [2.05, 4.69) is 35.4 Å². The van der Waals surface area contributed by atoms with Gasteiger partial charge in [0, 0.05) is 25.9 Å². The number of nitrogens with one attached hydrogen (secondary N) is 1. The van der Waals surface area contributed by atoms with Gasteiger partial charge in [-0.05, 0) is 32.5 Å². The lowest BCUT2D eigenvalue weighted by Gasteiger charge is -2.18. The van der Waals surface area contributed by atoms with Gasteiger partial charge in [-0.3, -0.25) is 4.68 Å². The Balaban J connectivity index is 2.45. The molecular weight excluding hydrogens is 266 g/mol. The SMILES string of the molecule is CCN(CC)CCn1cc(NC(CCCN)COC)cn1. The zero-order chi connectivity index (χ0) is 15.5. The first-order chi connectivity index (χ1) is 10.2. The van der Waals surface area contributed by atoms with E-state index in [0.29, 0.717) is 19.2 Å². The van der Waals surface area contributed by atoms with Crippen LogP contribution in [-0.4, -0.2) is 60.6 Å². The summed E-state index contributed by atoms with van der Waals surface area (Å²) in [6.07, 6.45) is 5.95. The molecule has 0 amide bonds. The van der Waals surface area contributed by atoms with E-state index in [0.717, 1.165) is 44.7 Å². The van der Waals surface area contributed by atoms with Gasteiger partial charge >= 0.3 is 0 Å². The molecule has 0 spiro atoms. The monoisotopic (exact) mass is 297 g/mol. The molecule has 1 rings (SSSR count). The fourth-order valence-corrected chi connectivity index (χ4v) is 2.34. The van der Waals surface area contributed by atoms with Gasteiger partial charge in [0.05, 0.1) is 25.0 Å². The molecule has 1 atom stereocenters. The maximum Gasteiger partial charge on any atom is 0.0729 e. The van der Waals surface area contributed by atoms with Crippen LogP contribution < -0.4 is 11.1 Å². The van der Waals surface area contributed by atoms with Crippen molar-refractivity contribution in [2.24, 2.45) is 5.73 Å². The lowest BCUT2D eigenvalue weighted by molar-refractivity contribution is 0.182. The summed E-state index contributed by atoms with van der Waals surface area (Å²) in [6, 6.07) is 0.291. The van der Waals surface area contributed by atoms with Gasteiger partial charge in [0.1, 0.15) is 0 Å². The van der Waals surface area contributed by atoms with Crippen molar-refractivity contribution in [2.45, 2.75) is 39.3 Å². The predicted molar refractivity (Wildman–Crippen MR) is 87.6 cm³/mol. The summed E-state index contributed by atoms with van der Waals surface area (Å²) in [6.45, 7) is 9.88. The number of nitrogens with zero attached hydrogens (tertiary/aromatic N) is 3. The molecule has 122 valence electrons. The molecule has 6 nitrogen and oxygen atoms in total. The van der Waals surface area contributed by atoms with Gasteiger partial charge < -0.3 is 20.7 Å². The molecule has 0 aliphatic heterocycles. The highest BCUT2D eigenvalue weighted by molar-refractivity contribution is 5.39. The van der Waals surface area contributed by atoms with Crippen molar-refractivity contribution in [2.75, 3.05) is 45.2 Å². The third-order valence-electron chi connectivity index (χ3n) is 3.67. The van der Waals surface area contributed by atoms with Crippen molar-refractivity contribution in [1.82, 2.24) is 14.7 Å². The Bertz CT molecular complexity index is 365. The summed E-state index contributed by atoms with van der Waals surface area (Å²) in [4.78, 5) is 2.39. The Morgan fingerprint density at radius 1 is 1.43 bits per heavy atom. The first kappa shape index (κ1) is 17.9. The Hall–Kier alpha value is -1.11. The smallest absolute Gasteiger partial charge is 0.0729 e. The maximum atomic E-state index is 5.57. The van der Waals surface area contributed by atoms with E-state index < -0.39 is 0 Å². The Labute approximate surface area is 128 Å². The van der Waals surface area contributed by atoms with Crippen LogP contribution in [-0.2, 0) is 11.3 Å². The first-order valence-corrected chi connectivity index (χ1v) is 7.93. The summed E-state index contributed by atoms with van der Waals surface area (Å²) in [5, 5.41) is 7.89. The van der Waals surface area contributed by atoms with Crippen LogP contribution in [0.25, 0.3) is 0 Å². The zero-order valence-electron chi connectivity index (χ0n) is 13.7. The zero-order valence-corrected chi connectivity index (χ0v) is 13.7. The summed E-state index contributed by atoms with van der Waals surface area (Å²) in [5.41, 5.74) is 6.62. The lowest BCUT2D eigenvalue weighted by Crippen LogP contribution is -2.27. The van der Waals surface area contributed by atoms with E-state index in [1.807, 2.05) is 10.9 Å². The summed E-state index contributed by atoms with van der Waals surface area (Å²) < 4.78 is 7.24. The fraction of sp³-hybridized carbons (Fsp3) is 0.800. The Morgan fingerprint density at radius 3 is 2.81 bits per heavy atom. The standard InChI is InChI=1S/C15H31N5O/c1-4-19(5-2)9-10-20-12-15(11-17-20)18-14(13-21-3)7-6-8-16/h11-12,14,18H,4-10,13,16H2,1-3H3. The van der Waals surface area contributed by atoms with Gasteiger partial charge in [0.2, 0.25) is 0 Å². The highest BCUT2D eigenvalue weighted by Crippen LogP contribution is 2.10. The average Bonchev–Trinajstić information content (AvgIpc) is 2.93. The summed E-state index contributed by atoms with van der Waals surface area (Å²) in [7, 11) is 1.73. The number of anilines is 1. The van der Waals surface area contributed by atoms with Crippen LogP contribution >= 0.6 is 0 Å². The van der Waals surface area contributed by atoms with E-state index in [4.69, 9.17) is 10.5 Å². The molecular formula is C15H31N5O. The quantitative estimate of drug-likeness (QED) is 0.610. The average molecular weight is 297 g/mol. The van der Waals surface area contributed by atoms with Gasteiger partial charge in [0.15, 0.2) is 0 Å². The van der Waals surface area contributed by atoms with Gasteiger partial charge in [0.25, 0.3) is 0 Å². The largest absolute Gasteiger partial charge is 0.383 e. The fourth-order valence-electron chi connectivity index (χ4n) is 2.34. The van der Waals surface area contributed by atoms with Crippen LogP contribution in [0.4, 0.5) is 5.69 Å². The van der Waals surface area contributed by atoms with Gasteiger partial charge in [-0.1, -0.05) is 13.8 Å². The molecule has 3 N–H and O–H groups in total. The number of likely N-dealkylation sites (N-methyl/N-ethyl adjacent to an activating group) is 1. The van der Waals surface area contributed by atoms with E-state index in [-0.39, 0.29) is 0 Å². The number of methoxy groups -OCH3 is 1. The van der Waals surface area contributed by atoms with E-state index in [9.17, 15) is 0 Å². The molecule has 0 bridgehead atoms. The normalized spacial score (nSPS) is 12.8. The Morgan fingerprint density at radius 2 is 2.19 bits per heavy atom. The molecule has 1 aromatic rings. The molecule has 0 radical (unpaired) electrons. The van der Waals surface area contributed by atoms with Crippen molar-refractivity contribution in [3.05, 3.63) is 12.4 Å². The molecule has 1 heterocycles. The molecule has 0 fully saturated rings. The second kappa shape index (κ2) is 10.6. The molecule has 0 aromatic carbocycles. The molecule has 0 aliphatic rings. The van der Waals surface area contributed by atoms with Crippen molar-refractivity contribution >= 4 is 5.69 Å². The van der Waals surface area contributed by atoms with Crippen molar-refractivity contribution < 1.29 is 4.74 Å². The van der Waals surface area contributed by atoms with Crippen LogP contribution in [0.1, 0.15) is 26.7 Å². The third kappa shape index (κ3) is 6.93. The van der Waals surface area contributed by atoms with Crippen LogP contribution in [0.15, 0.2) is 12.4 Å². The number of hydrogen-bond acceptors (Lipinski definition) is 5. The minimum Gasteiger partial charge on any atom is -0.383 e. The van der Waals surface area contributed by atoms with Gasteiger partial charge in [-0.25, -0.2) is 0 Å². The minimum atomic E-state index is 0.291. The highest BCUT2D eigenvalue weighted by atomic mass is 16.5. The van der Waals surface area contributed by atoms with Crippen molar-refractivity contribution in [3.8, 4) is 0 Å². The van der Waals surface area contributed by atoms with Crippen LogP contribution in [0, 0.1) is 0 Å². The molecule has 21 heavy (non-hydrogen) atoms. The number of rotatable bonds is 12. The van der Waals surface area contributed by atoms with Crippen molar-refractivity contribution in [1.29, 1.82) is 0 Å². The lowest BCUT2D eigenvalue weighted by atomic mass is 10.1.